The molecule has 0 radical (unpaired) electrons. The van der Waals surface area contributed by atoms with Gasteiger partial charge in [-0.15, -0.1) is 0 Å². The van der Waals surface area contributed by atoms with Crippen LogP contribution in [0.5, 0.6) is 0 Å². The van der Waals surface area contributed by atoms with Gasteiger partial charge in [-0.25, -0.2) is 0 Å². The van der Waals surface area contributed by atoms with Crippen LogP contribution in [0.25, 0.3) is 0 Å². The Labute approximate surface area is 409 Å². The fourth-order valence-corrected chi connectivity index (χ4v) is 6.34. The van der Waals surface area contributed by atoms with E-state index in [0.717, 1.165) is 96.3 Å². The number of rotatable bonds is 44. The number of hydrogen-bond acceptors (Lipinski definition) is 6. The predicted molar refractivity (Wildman–Crippen MR) is 288 cm³/mol. The molecule has 6 heteroatoms. The minimum atomic E-state index is -0.846. The zero-order valence-corrected chi connectivity index (χ0v) is 42.3. The molecule has 0 heterocycles. The number of carbonyl (C=O) groups is 3. The summed E-state index contributed by atoms with van der Waals surface area (Å²) in [5, 5.41) is 0. The molecule has 0 aromatic carbocycles. The highest BCUT2D eigenvalue weighted by molar-refractivity contribution is 5.71. The van der Waals surface area contributed by atoms with Crippen LogP contribution in [-0.2, 0) is 28.6 Å². The van der Waals surface area contributed by atoms with Crippen LogP contribution < -0.4 is 0 Å². The lowest BCUT2D eigenvalue weighted by molar-refractivity contribution is -0.167. The van der Waals surface area contributed by atoms with E-state index in [1.165, 1.54) is 38.5 Å². The summed E-state index contributed by atoms with van der Waals surface area (Å²) >= 11 is 0. The van der Waals surface area contributed by atoms with Crippen LogP contribution in [0.4, 0.5) is 0 Å². The molecule has 1 unspecified atom stereocenters. The molecule has 0 aliphatic rings. The standard InChI is InChI=1S/C61H92O6/c1-4-7-10-13-16-19-22-25-27-29-30-32-33-36-39-42-45-48-51-54-60(63)66-57-58(56-65-59(62)53-50-47-44-41-38-35-24-21-18-15-12-9-6-3)67-61(64)55-52-49-46-43-40-37-34-31-28-26-23-20-17-14-11-8-5-2/h7-12,15-21,24-28,34-35,37-38,41,43-44,46,58H,4-6,13-14,22-23,29-33,36,39-40,42,45,47-57H2,1-3H3/b10-7-,11-8-,12-9-,18-15-,19-16-,20-17-,24-21-,27-25-,28-26-,37-34-,38-35-,44-41-,46-43-. The van der Waals surface area contributed by atoms with E-state index in [4.69, 9.17) is 14.2 Å². The van der Waals surface area contributed by atoms with E-state index in [1.807, 2.05) is 54.7 Å². The van der Waals surface area contributed by atoms with Gasteiger partial charge in [-0.3, -0.25) is 14.4 Å². The van der Waals surface area contributed by atoms with Crippen molar-refractivity contribution < 1.29 is 28.6 Å². The zero-order chi connectivity index (χ0) is 48.6. The van der Waals surface area contributed by atoms with Crippen LogP contribution in [0.2, 0.25) is 0 Å². The van der Waals surface area contributed by atoms with Crippen LogP contribution in [0.15, 0.2) is 158 Å². The quantitative estimate of drug-likeness (QED) is 0.0199. The first-order valence-electron chi connectivity index (χ1n) is 26.1. The van der Waals surface area contributed by atoms with Gasteiger partial charge in [-0.2, -0.15) is 0 Å². The lowest BCUT2D eigenvalue weighted by Crippen LogP contribution is -2.30. The summed E-state index contributed by atoms with van der Waals surface area (Å²) in [6.45, 7) is 6.13. The minimum Gasteiger partial charge on any atom is -0.462 e. The second kappa shape index (κ2) is 53.6. The van der Waals surface area contributed by atoms with Gasteiger partial charge < -0.3 is 14.2 Å². The summed E-state index contributed by atoms with van der Waals surface area (Å²) in [6, 6.07) is 0. The second-order valence-electron chi connectivity index (χ2n) is 16.4. The van der Waals surface area contributed by atoms with Crippen molar-refractivity contribution in [2.45, 2.75) is 194 Å². The number of hydrogen-bond donors (Lipinski definition) is 0. The summed E-state index contributed by atoms with van der Waals surface area (Å²) in [5.41, 5.74) is 0. The maximum Gasteiger partial charge on any atom is 0.306 e. The van der Waals surface area contributed by atoms with Gasteiger partial charge in [-0.1, -0.05) is 224 Å². The summed E-state index contributed by atoms with van der Waals surface area (Å²) in [5.74, 6) is -1.09. The molecular weight excluding hydrogens is 829 g/mol. The SMILES string of the molecule is CC\C=C/C=C\C=C/C=C\C=C/CCCC(=O)OCC(COC(=O)CCCCCCCCCCC/C=C\C/C=C\C/C=C\CC)OC(=O)CCC/C=C\C/C=C\C/C=C\C/C=C\C/C=C\CC. The molecule has 0 saturated carbocycles. The molecule has 0 aliphatic carbocycles. The largest absolute Gasteiger partial charge is 0.462 e. The van der Waals surface area contributed by atoms with Crippen LogP contribution in [-0.4, -0.2) is 37.2 Å². The molecule has 0 saturated heterocycles. The van der Waals surface area contributed by atoms with Gasteiger partial charge in [0.05, 0.1) is 0 Å². The third-order valence-electron chi connectivity index (χ3n) is 10.1. The molecule has 0 aromatic rings. The van der Waals surface area contributed by atoms with Crippen molar-refractivity contribution in [2.75, 3.05) is 13.2 Å². The van der Waals surface area contributed by atoms with Crippen LogP contribution in [0.1, 0.15) is 188 Å². The molecule has 0 spiro atoms. The Hall–Kier alpha value is -4.97. The molecule has 372 valence electrons. The smallest absolute Gasteiger partial charge is 0.306 e. The third-order valence-corrected chi connectivity index (χ3v) is 10.1. The Bertz CT molecular complexity index is 1570. The van der Waals surface area contributed by atoms with Crippen molar-refractivity contribution in [3.63, 3.8) is 0 Å². The summed E-state index contributed by atoms with van der Waals surface area (Å²) in [4.78, 5) is 38.0. The molecule has 1 atom stereocenters. The monoisotopic (exact) mass is 921 g/mol. The minimum absolute atomic E-state index is 0.134. The molecule has 0 aliphatic heterocycles. The van der Waals surface area contributed by atoms with E-state index < -0.39 is 12.1 Å². The topological polar surface area (TPSA) is 78.9 Å². The van der Waals surface area contributed by atoms with Crippen molar-refractivity contribution in [3.8, 4) is 0 Å². The normalized spacial score (nSPS) is 13.4. The molecule has 6 nitrogen and oxygen atoms in total. The Morgan fingerprint density at radius 2 is 0.627 bits per heavy atom. The van der Waals surface area contributed by atoms with Crippen molar-refractivity contribution >= 4 is 17.9 Å². The van der Waals surface area contributed by atoms with Crippen molar-refractivity contribution in [2.24, 2.45) is 0 Å². The Balaban J connectivity index is 4.58. The Kier molecular flexibility index (Phi) is 49.7. The van der Waals surface area contributed by atoms with Crippen LogP contribution in [0, 0.1) is 0 Å². The van der Waals surface area contributed by atoms with E-state index in [-0.39, 0.29) is 38.0 Å². The number of esters is 3. The van der Waals surface area contributed by atoms with Crippen molar-refractivity contribution in [1.82, 2.24) is 0 Å². The Morgan fingerprint density at radius 3 is 1.07 bits per heavy atom. The lowest BCUT2D eigenvalue weighted by Gasteiger charge is -2.18. The average Bonchev–Trinajstić information content (AvgIpc) is 3.33. The molecule has 0 bridgehead atoms. The highest BCUT2D eigenvalue weighted by Gasteiger charge is 2.19. The molecule has 0 N–H and O–H groups in total. The van der Waals surface area contributed by atoms with Gasteiger partial charge in [-0.05, 0) is 103 Å². The zero-order valence-electron chi connectivity index (χ0n) is 42.3. The first kappa shape index (κ1) is 62.0. The van der Waals surface area contributed by atoms with E-state index in [0.29, 0.717) is 19.3 Å². The molecular formula is C61H92O6. The third kappa shape index (κ3) is 51.9. The van der Waals surface area contributed by atoms with Gasteiger partial charge in [0.1, 0.15) is 13.2 Å². The van der Waals surface area contributed by atoms with Gasteiger partial charge >= 0.3 is 17.9 Å². The highest BCUT2D eigenvalue weighted by atomic mass is 16.6. The Morgan fingerprint density at radius 1 is 0.313 bits per heavy atom. The molecule has 0 amide bonds. The van der Waals surface area contributed by atoms with E-state index in [9.17, 15) is 14.4 Å². The van der Waals surface area contributed by atoms with E-state index in [1.54, 1.807) is 0 Å². The summed E-state index contributed by atoms with van der Waals surface area (Å²) in [7, 11) is 0. The van der Waals surface area contributed by atoms with Crippen molar-refractivity contribution in [3.05, 3.63) is 158 Å². The van der Waals surface area contributed by atoms with E-state index in [2.05, 4.69) is 124 Å². The molecule has 0 rings (SSSR count). The second-order valence-corrected chi connectivity index (χ2v) is 16.4. The summed E-state index contributed by atoms with van der Waals surface area (Å²) < 4.78 is 16.7. The fourth-order valence-electron chi connectivity index (χ4n) is 6.34. The molecule has 0 fully saturated rings. The number of ether oxygens (including phenoxy) is 3. The fraction of sp³-hybridized carbons (Fsp3) is 0.525. The highest BCUT2D eigenvalue weighted by Crippen LogP contribution is 2.13. The van der Waals surface area contributed by atoms with Crippen LogP contribution in [0.3, 0.4) is 0 Å². The van der Waals surface area contributed by atoms with E-state index >= 15 is 0 Å². The lowest BCUT2D eigenvalue weighted by atomic mass is 10.1. The van der Waals surface area contributed by atoms with Gasteiger partial charge in [0.15, 0.2) is 6.10 Å². The van der Waals surface area contributed by atoms with Crippen molar-refractivity contribution in [1.29, 1.82) is 0 Å². The van der Waals surface area contributed by atoms with Crippen LogP contribution >= 0.6 is 0 Å². The first-order valence-corrected chi connectivity index (χ1v) is 26.1. The number of allylic oxidation sites excluding steroid dienone is 26. The average molecular weight is 921 g/mol. The maximum absolute atomic E-state index is 12.8. The molecule has 67 heavy (non-hydrogen) atoms. The maximum atomic E-state index is 12.8. The van der Waals surface area contributed by atoms with Gasteiger partial charge in [0, 0.05) is 19.3 Å². The van der Waals surface area contributed by atoms with Gasteiger partial charge in [0.2, 0.25) is 0 Å². The molecule has 0 aromatic heterocycles. The number of unbranched alkanes of at least 4 members (excludes halogenated alkanes) is 11. The number of carbonyl (C=O) groups excluding carboxylic acids is 3. The predicted octanol–water partition coefficient (Wildman–Crippen LogP) is 17.4. The van der Waals surface area contributed by atoms with Gasteiger partial charge in [0.25, 0.3) is 0 Å². The first-order chi connectivity index (χ1) is 33.0. The summed E-state index contributed by atoms with van der Waals surface area (Å²) in [6.07, 6.45) is 78.1.